The van der Waals surface area contributed by atoms with Crippen molar-refractivity contribution < 1.29 is 9.50 Å². The molecule has 1 N–H and O–H groups in total. The largest absolute Gasteiger partial charge is 0.392 e. The number of benzene rings is 1. The van der Waals surface area contributed by atoms with Crippen LogP contribution in [0.4, 0.5) is 4.39 Å². The highest BCUT2D eigenvalue weighted by molar-refractivity contribution is 5.17. The molecule has 1 aromatic carbocycles. The fraction of sp³-hybridized carbons (Fsp3) is 0.333. The first-order valence-electron chi connectivity index (χ1n) is 4.52. The van der Waals surface area contributed by atoms with Crippen LogP contribution in [0.5, 0.6) is 0 Å². The van der Waals surface area contributed by atoms with Crippen molar-refractivity contribution in [3.8, 4) is 12.3 Å². The third-order valence-electron chi connectivity index (χ3n) is 2.20. The molecule has 2 heteroatoms. The van der Waals surface area contributed by atoms with E-state index in [0.717, 1.165) is 5.56 Å². The molecule has 0 saturated heterocycles. The van der Waals surface area contributed by atoms with E-state index >= 15 is 0 Å². The van der Waals surface area contributed by atoms with E-state index in [9.17, 15) is 9.50 Å². The molecule has 0 aliphatic heterocycles. The van der Waals surface area contributed by atoms with Gasteiger partial charge in [-0.3, -0.25) is 0 Å². The van der Waals surface area contributed by atoms with Crippen LogP contribution >= 0.6 is 0 Å². The normalized spacial score (nSPS) is 14.4. The minimum atomic E-state index is -0.564. The predicted molar refractivity (Wildman–Crippen MR) is 54.1 cm³/mol. The number of aliphatic hydroxyl groups excluding tert-OH is 1. The third-order valence-corrected chi connectivity index (χ3v) is 2.20. The summed E-state index contributed by atoms with van der Waals surface area (Å²) >= 11 is 0. The van der Waals surface area contributed by atoms with Crippen molar-refractivity contribution in [1.29, 1.82) is 0 Å². The molecule has 2 unspecified atom stereocenters. The standard InChI is InChI=1S/C12H13FO/c1-3-9(2)12(14)8-10-4-6-11(13)7-5-10/h1,4-7,9,12,14H,8H2,2H3. The zero-order valence-corrected chi connectivity index (χ0v) is 8.07. The van der Waals surface area contributed by atoms with Crippen LogP contribution in [0.1, 0.15) is 12.5 Å². The van der Waals surface area contributed by atoms with Gasteiger partial charge in [-0.25, -0.2) is 4.39 Å². The topological polar surface area (TPSA) is 20.2 Å². The van der Waals surface area contributed by atoms with Gasteiger partial charge < -0.3 is 5.11 Å². The first kappa shape index (κ1) is 10.7. The first-order chi connectivity index (χ1) is 6.63. The molecule has 1 rings (SSSR count). The molecule has 0 saturated carbocycles. The molecule has 0 heterocycles. The zero-order valence-electron chi connectivity index (χ0n) is 8.07. The molecule has 0 aliphatic rings. The summed E-state index contributed by atoms with van der Waals surface area (Å²) in [6.07, 6.45) is 5.08. The SMILES string of the molecule is C#CC(C)C(O)Cc1ccc(F)cc1. The van der Waals surface area contributed by atoms with Crippen LogP contribution in [0.25, 0.3) is 0 Å². The monoisotopic (exact) mass is 192 g/mol. The Kier molecular flexibility index (Phi) is 3.67. The Bertz CT molecular complexity index is 323. The van der Waals surface area contributed by atoms with Gasteiger partial charge in [-0.1, -0.05) is 12.1 Å². The quantitative estimate of drug-likeness (QED) is 0.726. The number of rotatable bonds is 3. The van der Waals surface area contributed by atoms with Gasteiger partial charge in [0.2, 0.25) is 0 Å². The summed E-state index contributed by atoms with van der Waals surface area (Å²) in [6.45, 7) is 1.79. The minimum Gasteiger partial charge on any atom is -0.392 e. The van der Waals surface area contributed by atoms with Gasteiger partial charge in [0, 0.05) is 5.92 Å². The molecule has 0 bridgehead atoms. The summed E-state index contributed by atoms with van der Waals surface area (Å²) in [7, 11) is 0. The van der Waals surface area contributed by atoms with E-state index < -0.39 is 6.10 Å². The van der Waals surface area contributed by atoms with E-state index in [1.807, 2.05) is 0 Å². The van der Waals surface area contributed by atoms with Crippen molar-refractivity contribution in [3.63, 3.8) is 0 Å². The number of halogens is 1. The molecular formula is C12H13FO. The molecule has 0 spiro atoms. The fourth-order valence-corrected chi connectivity index (χ4v) is 1.15. The van der Waals surface area contributed by atoms with Gasteiger partial charge in [0.1, 0.15) is 5.82 Å². The molecule has 74 valence electrons. The lowest BCUT2D eigenvalue weighted by molar-refractivity contribution is 0.142. The maximum Gasteiger partial charge on any atom is 0.123 e. The van der Waals surface area contributed by atoms with Gasteiger partial charge in [0.05, 0.1) is 6.10 Å². The van der Waals surface area contributed by atoms with E-state index in [1.165, 1.54) is 12.1 Å². The van der Waals surface area contributed by atoms with Crippen LogP contribution < -0.4 is 0 Å². The number of aliphatic hydroxyl groups is 1. The molecule has 0 fully saturated rings. The van der Waals surface area contributed by atoms with E-state index in [4.69, 9.17) is 6.42 Å². The van der Waals surface area contributed by atoms with Crippen LogP contribution in [0.15, 0.2) is 24.3 Å². The number of terminal acetylenes is 1. The van der Waals surface area contributed by atoms with Crippen molar-refractivity contribution in [1.82, 2.24) is 0 Å². The second-order valence-electron chi connectivity index (χ2n) is 3.35. The van der Waals surface area contributed by atoms with Crippen molar-refractivity contribution in [2.24, 2.45) is 5.92 Å². The smallest absolute Gasteiger partial charge is 0.123 e. The lowest BCUT2D eigenvalue weighted by Crippen LogP contribution is -2.18. The molecular weight excluding hydrogens is 179 g/mol. The second-order valence-corrected chi connectivity index (χ2v) is 3.35. The van der Waals surface area contributed by atoms with Gasteiger partial charge in [-0.15, -0.1) is 12.3 Å². The Morgan fingerprint density at radius 3 is 2.50 bits per heavy atom. The summed E-state index contributed by atoms with van der Waals surface area (Å²) in [5.74, 6) is 2.02. The van der Waals surface area contributed by atoms with Crippen LogP contribution in [0.3, 0.4) is 0 Å². The molecule has 0 amide bonds. The van der Waals surface area contributed by atoms with Gasteiger partial charge in [0.15, 0.2) is 0 Å². The summed E-state index contributed by atoms with van der Waals surface area (Å²) in [4.78, 5) is 0. The van der Waals surface area contributed by atoms with Crippen LogP contribution in [-0.2, 0) is 6.42 Å². The third kappa shape index (κ3) is 2.86. The predicted octanol–water partition coefficient (Wildman–Crippen LogP) is 2.00. The highest BCUT2D eigenvalue weighted by Gasteiger charge is 2.11. The van der Waals surface area contributed by atoms with E-state index in [1.54, 1.807) is 19.1 Å². The number of hydrogen-bond donors (Lipinski definition) is 1. The Morgan fingerprint density at radius 1 is 1.43 bits per heavy atom. The summed E-state index contributed by atoms with van der Waals surface area (Å²) < 4.78 is 12.6. The lowest BCUT2D eigenvalue weighted by atomic mass is 9.98. The van der Waals surface area contributed by atoms with Gasteiger partial charge in [-0.05, 0) is 31.0 Å². The Labute approximate surface area is 83.6 Å². The van der Waals surface area contributed by atoms with Crippen molar-refractivity contribution in [2.75, 3.05) is 0 Å². The first-order valence-corrected chi connectivity index (χ1v) is 4.52. The average molecular weight is 192 g/mol. The van der Waals surface area contributed by atoms with Crippen LogP contribution in [0.2, 0.25) is 0 Å². The summed E-state index contributed by atoms with van der Waals surface area (Å²) in [6, 6.07) is 6.06. The maximum absolute atomic E-state index is 12.6. The second kappa shape index (κ2) is 4.78. The maximum atomic E-state index is 12.6. The van der Waals surface area contributed by atoms with Gasteiger partial charge in [-0.2, -0.15) is 0 Å². The molecule has 2 atom stereocenters. The van der Waals surface area contributed by atoms with Crippen molar-refractivity contribution in [2.45, 2.75) is 19.4 Å². The Balaban J connectivity index is 2.61. The highest BCUT2D eigenvalue weighted by Crippen LogP contribution is 2.10. The zero-order chi connectivity index (χ0) is 10.6. The summed E-state index contributed by atoms with van der Waals surface area (Å²) in [5, 5.41) is 9.60. The lowest BCUT2D eigenvalue weighted by Gasteiger charge is -2.13. The highest BCUT2D eigenvalue weighted by atomic mass is 19.1. The van der Waals surface area contributed by atoms with Crippen molar-refractivity contribution in [3.05, 3.63) is 35.6 Å². The van der Waals surface area contributed by atoms with Crippen LogP contribution in [-0.4, -0.2) is 11.2 Å². The molecule has 1 nitrogen and oxygen atoms in total. The number of hydrogen-bond acceptors (Lipinski definition) is 1. The Hall–Kier alpha value is -1.33. The molecule has 0 aromatic heterocycles. The van der Waals surface area contributed by atoms with Gasteiger partial charge >= 0.3 is 0 Å². The molecule has 1 aromatic rings. The van der Waals surface area contributed by atoms with Crippen molar-refractivity contribution >= 4 is 0 Å². The molecule has 0 aliphatic carbocycles. The van der Waals surface area contributed by atoms with Crippen LogP contribution in [0, 0.1) is 24.1 Å². The summed E-state index contributed by atoms with van der Waals surface area (Å²) in [5.41, 5.74) is 0.890. The molecule has 14 heavy (non-hydrogen) atoms. The van der Waals surface area contributed by atoms with E-state index in [0.29, 0.717) is 6.42 Å². The van der Waals surface area contributed by atoms with E-state index in [2.05, 4.69) is 5.92 Å². The van der Waals surface area contributed by atoms with Gasteiger partial charge in [0.25, 0.3) is 0 Å². The van der Waals surface area contributed by atoms with E-state index in [-0.39, 0.29) is 11.7 Å². The average Bonchev–Trinajstić information content (AvgIpc) is 2.20. The fourth-order valence-electron chi connectivity index (χ4n) is 1.15. The molecule has 0 radical (unpaired) electrons. The Morgan fingerprint density at radius 2 is 2.00 bits per heavy atom. The minimum absolute atomic E-state index is 0.181.